The topological polar surface area (TPSA) is 44.8 Å². The number of ether oxygens (including phenoxy) is 1. The standard InChI is InChI=1S/C9H8Cl2O4S/c10-6-1-2-9(8(11)3-6)13-4-7-5-14-16(12)15-7/h1-3,7H,4-5H2/t7-,16+/m0/s1. The van der Waals surface area contributed by atoms with Crippen molar-refractivity contribution in [3.05, 3.63) is 28.2 Å². The van der Waals surface area contributed by atoms with E-state index < -0.39 is 11.4 Å². The summed E-state index contributed by atoms with van der Waals surface area (Å²) in [7, 11) is 0. The smallest absolute Gasteiger partial charge is 0.305 e. The Morgan fingerprint density at radius 1 is 1.50 bits per heavy atom. The summed E-state index contributed by atoms with van der Waals surface area (Å²) in [6.07, 6.45) is -0.340. The number of rotatable bonds is 3. The Hall–Kier alpha value is -0.330. The number of benzene rings is 1. The van der Waals surface area contributed by atoms with Crippen LogP contribution in [0.25, 0.3) is 0 Å². The van der Waals surface area contributed by atoms with E-state index in [-0.39, 0.29) is 19.3 Å². The van der Waals surface area contributed by atoms with Crippen LogP contribution in [-0.2, 0) is 19.7 Å². The molecule has 4 nitrogen and oxygen atoms in total. The van der Waals surface area contributed by atoms with Gasteiger partial charge >= 0.3 is 11.4 Å². The molecule has 1 aliphatic rings. The Bertz CT molecular complexity index is 412. The molecule has 1 fully saturated rings. The van der Waals surface area contributed by atoms with Gasteiger partial charge in [-0.05, 0) is 18.2 Å². The summed E-state index contributed by atoms with van der Waals surface area (Å²) in [5, 5.41) is 0.964. The van der Waals surface area contributed by atoms with Crippen LogP contribution in [0.1, 0.15) is 0 Å². The molecule has 1 aromatic carbocycles. The van der Waals surface area contributed by atoms with Gasteiger partial charge in [-0.15, -0.1) is 0 Å². The third kappa shape index (κ3) is 3.09. The predicted molar refractivity (Wildman–Crippen MR) is 60.9 cm³/mol. The van der Waals surface area contributed by atoms with Gasteiger partial charge in [0.2, 0.25) is 0 Å². The Labute approximate surface area is 105 Å². The molecule has 0 N–H and O–H groups in total. The van der Waals surface area contributed by atoms with Crippen LogP contribution in [-0.4, -0.2) is 23.5 Å². The fraction of sp³-hybridized carbons (Fsp3) is 0.333. The monoisotopic (exact) mass is 282 g/mol. The van der Waals surface area contributed by atoms with E-state index in [2.05, 4.69) is 0 Å². The molecule has 0 aliphatic carbocycles. The molecule has 1 aliphatic heterocycles. The molecular formula is C9H8Cl2O4S. The molecule has 1 heterocycles. The van der Waals surface area contributed by atoms with Gasteiger partial charge in [0.1, 0.15) is 18.5 Å². The van der Waals surface area contributed by atoms with Crippen LogP contribution in [0.15, 0.2) is 18.2 Å². The first kappa shape index (κ1) is 12.1. The highest BCUT2D eigenvalue weighted by Gasteiger charge is 2.24. The fourth-order valence-electron chi connectivity index (χ4n) is 1.15. The summed E-state index contributed by atoms with van der Waals surface area (Å²) in [5.74, 6) is 0.507. The van der Waals surface area contributed by atoms with Gasteiger partial charge in [0.25, 0.3) is 0 Å². The second kappa shape index (κ2) is 5.33. The lowest BCUT2D eigenvalue weighted by Gasteiger charge is -2.10. The maximum atomic E-state index is 10.7. The Morgan fingerprint density at radius 3 is 2.94 bits per heavy atom. The number of hydrogen-bond donors (Lipinski definition) is 0. The van der Waals surface area contributed by atoms with Crippen molar-refractivity contribution in [3.8, 4) is 5.75 Å². The van der Waals surface area contributed by atoms with Gasteiger partial charge in [-0.25, -0.2) is 0 Å². The van der Waals surface area contributed by atoms with Crippen molar-refractivity contribution < 1.29 is 17.3 Å². The van der Waals surface area contributed by atoms with Crippen LogP contribution in [0.2, 0.25) is 10.0 Å². The molecule has 0 amide bonds. The summed E-state index contributed by atoms with van der Waals surface area (Å²) in [5.41, 5.74) is 0. The van der Waals surface area contributed by atoms with E-state index in [4.69, 9.17) is 36.3 Å². The van der Waals surface area contributed by atoms with Crippen LogP contribution in [0.4, 0.5) is 0 Å². The minimum absolute atomic E-state index is 0.229. The lowest BCUT2D eigenvalue weighted by molar-refractivity contribution is 0.151. The van der Waals surface area contributed by atoms with E-state index >= 15 is 0 Å². The second-order valence-electron chi connectivity index (χ2n) is 3.09. The largest absolute Gasteiger partial charge is 0.489 e. The molecule has 1 aromatic rings. The highest BCUT2D eigenvalue weighted by molar-refractivity contribution is 7.75. The van der Waals surface area contributed by atoms with Crippen molar-refractivity contribution in [1.29, 1.82) is 0 Å². The first-order valence-corrected chi connectivity index (χ1v) is 6.21. The highest BCUT2D eigenvalue weighted by Crippen LogP contribution is 2.27. The minimum Gasteiger partial charge on any atom is -0.489 e. The second-order valence-corrected chi connectivity index (χ2v) is 4.77. The van der Waals surface area contributed by atoms with E-state index in [0.717, 1.165) is 0 Å². The lowest BCUT2D eigenvalue weighted by atomic mass is 10.3. The average molecular weight is 283 g/mol. The summed E-state index contributed by atoms with van der Waals surface area (Å²) in [6.45, 7) is 0.477. The molecule has 0 saturated carbocycles. The molecule has 1 saturated heterocycles. The van der Waals surface area contributed by atoms with Crippen molar-refractivity contribution >= 4 is 34.6 Å². The number of halogens is 2. The molecule has 2 rings (SSSR count). The molecule has 7 heteroatoms. The molecular weight excluding hydrogens is 275 g/mol. The molecule has 0 spiro atoms. The highest BCUT2D eigenvalue weighted by atomic mass is 35.5. The van der Waals surface area contributed by atoms with E-state index in [1.807, 2.05) is 0 Å². The zero-order valence-electron chi connectivity index (χ0n) is 8.02. The van der Waals surface area contributed by atoms with Crippen LogP contribution in [0, 0.1) is 0 Å². The quantitative estimate of drug-likeness (QED) is 0.854. The Morgan fingerprint density at radius 2 is 2.31 bits per heavy atom. The molecule has 0 unspecified atom stereocenters. The predicted octanol–water partition coefficient (Wildman–Crippen LogP) is 2.37. The first-order valence-electron chi connectivity index (χ1n) is 4.45. The molecule has 0 bridgehead atoms. The Kier molecular flexibility index (Phi) is 4.05. The summed E-state index contributed by atoms with van der Waals surface area (Å²) in [4.78, 5) is 0. The summed E-state index contributed by atoms with van der Waals surface area (Å²) >= 11 is 9.99. The van der Waals surface area contributed by atoms with E-state index in [1.54, 1.807) is 18.2 Å². The van der Waals surface area contributed by atoms with Gasteiger partial charge in [-0.1, -0.05) is 23.2 Å². The molecule has 0 radical (unpaired) electrons. The molecule has 0 aromatic heterocycles. The third-order valence-electron chi connectivity index (χ3n) is 1.88. The fourth-order valence-corrected chi connectivity index (χ4v) is 2.26. The first-order chi connectivity index (χ1) is 7.65. The van der Waals surface area contributed by atoms with Crippen molar-refractivity contribution in [3.63, 3.8) is 0 Å². The third-order valence-corrected chi connectivity index (χ3v) is 3.17. The Balaban J connectivity index is 1.92. The van der Waals surface area contributed by atoms with Crippen molar-refractivity contribution in [2.24, 2.45) is 0 Å². The average Bonchev–Trinajstić information content (AvgIpc) is 2.63. The minimum atomic E-state index is -1.65. The van der Waals surface area contributed by atoms with Gasteiger partial charge in [-0.3, -0.25) is 8.37 Å². The van der Waals surface area contributed by atoms with Crippen molar-refractivity contribution in [2.45, 2.75) is 6.10 Å². The molecule has 2 atom stereocenters. The van der Waals surface area contributed by atoms with E-state index in [9.17, 15) is 4.21 Å². The SMILES string of the molecule is O=[S@@]1OC[C@H](COc2ccc(Cl)cc2Cl)O1. The lowest BCUT2D eigenvalue weighted by Crippen LogP contribution is -2.19. The van der Waals surface area contributed by atoms with Crippen LogP contribution >= 0.6 is 23.2 Å². The maximum Gasteiger partial charge on any atom is 0.305 e. The number of hydrogen-bond acceptors (Lipinski definition) is 4. The van der Waals surface area contributed by atoms with Gasteiger partial charge < -0.3 is 4.74 Å². The summed E-state index contributed by atoms with van der Waals surface area (Å²) < 4.78 is 25.8. The zero-order chi connectivity index (χ0) is 11.5. The van der Waals surface area contributed by atoms with Crippen molar-refractivity contribution in [2.75, 3.05) is 13.2 Å². The van der Waals surface area contributed by atoms with Gasteiger partial charge in [-0.2, -0.15) is 4.21 Å². The summed E-state index contributed by atoms with van der Waals surface area (Å²) in [6, 6.07) is 4.92. The molecule has 16 heavy (non-hydrogen) atoms. The van der Waals surface area contributed by atoms with E-state index in [1.165, 1.54) is 0 Å². The van der Waals surface area contributed by atoms with Gasteiger partial charge in [0.15, 0.2) is 0 Å². The normalized spacial score (nSPS) is 24.6. The van der Waals surface area contributed by atoms with E-state index in [0.29, 0.717) is 15.8 Å². The maximum absolute atomic E-state index is 10.7. The van der Waals surface area contributed by atoms with Gasteiger partial charge in [0.05, 0.1) is 11.6 Å². The zero-order valence-corrected chi connectivity index (χ0v) is 10.3. The van der Waals surface area contributed by atoms with Crippen LogP contribution in [0.3, 0.4) is 0 Å². The van der Waals surface area contributed by atoms with Crippen LogP contribution in [0.5, 0.6) is 5.75 Å². The van der Waals surface area contributed by atoms with Crippen LogP contribution < -0.4 is 4.74 Å². The van der Waals surface area contributed by atoms with Gasteiger partial charge in [0, 0.05) is 5.02 Å². The molecule has 88 valence electrons. The van der Waals surface area contributed by atoms with Crippen molar-refractivity contribution in [1.82, 2.24) is 0 Å².